The molecule has 0 fully saturated rings. The van der Waals surface area contributed by atoms with Crippen molar-refractivity contribution < 1.29 is 19.4 Å². The normalized spacial score (nSPS) is 10.5. The van der Waals surface area contributed by atoms with Gasteiger partial charge in [0.15, 0.2) is 0 Å². The van der Waals surface area contributed by atoms with Crippen molar-refractivity contribution in [3.63, 3.8) is 0 Å². The fraction of sp³-hybridized carbons (Fsp3) is 0.263. The zero-order valence-electron chi connectivity index (χ0n) is 13.8. The Morgan fingerprint density at radius 1 is 1.12 bits per heavy atom. The minimum atomic E-state index is -0.909. The average molecular weight is 327 g/mol. The van der Waals surface area contributed by atoms with E-state index in [9.17, 15) is 9.59 Å². The Bertz CT molecular complexity index is 725. The lowest BCUT2D eigenvalue weighted by Crippen LogP contribution is -2.13. The highest BCUT2D eigenvalue weighted by molar-refractivity contribution is 6.04. The average Bonchev–Trinajstić information content (AvgIpc) is 2.53. The zero-order valence-corrected chi connectivity index (χ0v) is 13.8. The Kier molecular flexibility index (Phi) is 5.95. The lowest BCUT2D eigenvalue weighted by Gasteiger charge is -2.10. The first kappa shape index (κ1) is 17.5. The number of ether oxygens (including phenoxy) is 1. The van der Waals surface area contributed by atoms with Gasteiger partial charge in [-0.25, -0.2) is 0 Å². The van der Waals surface area contributed by atoms with Crippen LogP contribution < -0.4 is 10.1 Å². The molecule has 2 N–H and O–H groups in total. The van der Waals surface area contributed by atoms with Crippen molar-refractivity contribution in [2.45, 2.75) is 20.3 Å². The van der Waals surface area contributed by atoms with Crippen molar-refractivity contribution in [2.24, 2.45) is 5.92 Å². The topological polar surface area (TPSA) is 75.6 Å². The molecule has 0 radical (unpaired) electrons. The summed E-state index contributed by atoms with van der Waals surface area (Å²) in [7, 11) is 0. The fourth-order valence-electron chi connectivity index (χ4n) is 2.13. The molecule has 0 aliphatic rings. The number of aliphatic carboxylic acids is 1. The summed E-state index contributed by atoms with van der Waals surface area (Å²) in [5.74, 6) is -0.124. The summed E-state index contributed by atoms with van der Waals surface area (Å²) < 4.78 is 5.63. The summed E-state index contributed by atoms with van der Waals surface area (Å²) in [6, 6.07) is 13.8. The van der Waals surface area contributed by atoms with Gasteiger partial charge in [0.25, 0.3) is 5.91 Å². The lowest BCUT2D eigenvalue weighted by atomic mass is 10.1. The number of carboxylic acids is 1. The van der Waals surface area contributed by atoms with Crippen molar-refractivity contribution in [1.82, 2.24) is 0 Å². The van der Waals surface area contributed by atoms with Gasteiger partial charge < -0.3 is 15.2 Å². The van der Waals surface area contributed by atoms with E-state index >= 15 is 0 Å². The Hall–Kier alpha value is -2.82. The van der Waals surface area contributed by atoms with Crippen LogP contribution in [-0.4, -0.2) is 23.6 Å². The van der Waals surface area contributed by atoms with Crippen molar-refractivity contribution in [3.8, 4) is 5.75 Å². The van der Waals surface area contributed by atoms with E-state index in [1.54, 1.807) is 42.5 Å². The molecule has 0 aliphatic heterocycles. The zero-order chi connectivity index (χ0) is 17.5. The van der Waals surface area contributed by atoms with Gasteiger partial charge in [-0.15, -0.1) is 0 Å². The third-order valence-corrected chi connectivity index (χ3v) is 3.22. The third-order valence-electron chi connectivity index (χ3n) is 3.22. The molecule has 0 atom stereocenters. The third kappa shape index (κ3) is 5.43. The summed E-state index contributed by atoms with van der Waals surface area (Å²) in [4.78, 5) is 23.1. The summed E-state index contributed by atoms with van der Waals surface area (Å²) in [6.07, 6.45) is -0.0811. The smallest absolute Gasteiger partial charge is 0.307 e. The molecule has 2 aromatic rings. The molecule has 0 saturated heterocycles. The molecule has 0 unspecified atom stereocenters. The van der Waals surface area contributed by atoms with E-state index in [0.717, 1.165) is 0 Å². The molecule has 0 saturated carbocycles. The molecule has 1 amide bonds. The number of carbonyl (C=O) groups excluding carboxylic acids is 1. The monoisotopic (exact) mass is 327 g/mol. The lowest BCUT2D eigenvalue weighted by molar-refractivity contribution is -0.136. The van der Waals surface area contributed by atoms with E-state index in [0.29, 0.717) is 35.1 Å². The molecule has 2 aromatic carbocycles. The highest BCUT2D eigenvalue weighted by Gasteiger charge is 2.09. The van der Waals surface area contributed by atoms with Crippen LogP contribution in [0.1, 0.15) is 29.8 Å². The standard InChI is InChI=1S/C19H21NO4/c1-13(2)12-24-17-8-4-6-15(11-17)19(23)20-16-7-3-5-14(9-16)10-18(21)22/h3-9,11,13H,10,12H2,1-2H3,(H,20,23)(H,21,22). The largest absolute Gasteiger partial charge is 0.493 e. The van der Waals surface area contributed by atoms with E-state index < -0.39 is 5.97 Å². The predicted molar refractivity (Wildman–Crippen MR) is 92.5 cm³/mol. The van der Waals surface area contributed by atoms with E-state index in [2.05, 4.69) is 19.2 Å². The van der Waals surface area contributed by atoms with Gasteiger partial charge in [-0.2, -0.15) is 0 Å². The Balaban J connectivity index is 2.07. The van der Waals surface area contributed by atoms with Crippen molar-refractivity contribution >= 4 is 17.6 Å². The van der Waals surface area contributed by atoms with E-state index in [1.165, 1.54) is 0 Å². The molecule has 0 bridgehead atoms. The Labute approximate surface area is 141 Å². The van der Waals surface area contributed by atoms with E-state index in [4.69, 9.17) is 9.84 Å². The Morgan fingerprint density at radius 2 is 1.88 bits per heavy atom. The second kappa shape index (κ2) is 8.15. The molecule has 5 nitrogen and oxygen atoms in total. The van der Waals surface area contributed by atoms with Crippen LogP contribution in [0, 0.1) is 5.92 Å². The molecular formula is C19H21NO4. The maximum absolute atomic E-state index is 12.4. The van der Waals surface area contributed by atoms with Gasteiger partial charge >= 0.3 is 5.97 Å². The first-order valence-electron chi connectivity index (χ1n) is 7.79. The second-order valence-corrected chi connectivity index (χ2v) is 5.96. The number of carbonyl (C=O) groups is 2. The van der Waals surface area contributed by atoms with Crippen molar-refractivity contribution in [1.29, 1.82) is 0 Å². The van der Waals surface area contributed by atoms with Crippen LogP contribution in [-0.2, 0) is 11.2 Å². The molecular weight excluding hydrogens is 306 g/mol. The van der Waals surface area contributed by atoms with Gasteiger partial charge in [0.05, 0.1) is 13.0 Å². The molecule has 0 spiro atoms. The van der Waals surface area contributed by atoms with Crippen LogP contribution in [0.25, 0.3) is 0 Å². The van der Waals surface area contributed by atoms with Crippen LogP contribution in [0.5, 0.6) is 5.75 Å². The van der Waals surface area contributed by atoms with Gasteiger partial charge in [-0.1, -0.05) is 32.0 Å². The fourth-order valence-corrected chi connectivity index (χ4v) is 2.13. The number of nitrogens with one attached hydrogen (secondary N) is 1. The van der Waals surface area contributed by atoms with Crippen LogP contribution >= 0.6 is 0 Å². The van der Waals surface area contributed by atoms with Crippen LogP contribution in [0.2, 0.25) is 0 Å². The molecule has 0 aromatic heterocycles. The molecule has 24 heavy (non-hydrogen) atoms. The van der Waals surface area contributed by atoms with Gasteiger partial charge in [-0.05, 0) is 41.8 Å². The second-order valence-electron chi connectivity index (χ2n) is 5.96. The first-order chi connectivity index (χ1) is 11.4. The van der Waals surface area contributed by atoms with Crippen molar-refractivity contribution in [3.05, 3.63) is 59.7 Å². The minimum Gasteiger partial charge on any atom is -0.493 e. The molecule has 0 heterocycles. The number of amides is 1. The number of benzene rings is 2. The quantitative estimate of drug-likeness (QED) is 0.815. The van der Waals surface area contributed by atoms with Gasteiger partial charge in [0, 0.05) is 11.3 Å². The SMILES string of the molecule is CC(C)COc1cccc(C(=O)Nc2cccc(CC(=O)O)c2)c1. The predicted octanol–water partition coefficient (Wildman–Crippen LogP) is 3.60. The van der Waals surface area contributed by atoms with E-state index in [1.807, 2.05) is 6.07 Å². The number of hydrogen-bond donors (Lipinski definition) is 2. The Morgan fingerprint density at radius 3 is 2.58 bits per heavy atom. The minimum absolute atomic E-state index is 0.0811. The molecule has 2 rings (SSSR count). The van der Waals surface area contributed by atoms with Crippen molar-refractivity contribution in [2.75, 3.05) is 11.9 Å². The molecule has 5 heteroatoms. The maximum Gasteiger partial charge on any atom is 0.307 e. The van der Waals surface area contributed by atoms with Crippen LogP contribution in [0.3, 0.4) is 0 Å². The number of rotatable bonds is 7. The number of carboxylic acid groups (broad SMARTS) is 1. The molecule has 126 valence electrons. The summed E-state index contributed by atoms with van der Waals surface area (Å²) in [5.41, 5.74) is 1.68. The number of hydrogen-bond acceptors (Lipinski definition) is 3. The van der Waals surface area contributed by atoms with Gasteiger partial charge in [-0.3, -0.25) is 9.59 Å². The van der Waals surface area contributed by atoms with Gasteiger partial charge in [0.1, 0.15) is 5.75 Å². The summed E-state index contributed by atoms with van der Waals surface area (Å²) >= 11 is 0. The highest BCUT2D eigenvalue weighted by Crippen LogP contribution is 2.17. The van der Waals surface area contributed by atoms with Crippen LogP contribution in [0.15, 0.2) is 48.5 Å². The summed E-state index contributed by atoms with van der Waals surface area (Å²) in [5, 5.41) is 11.6. The first-order valence-corrected chi connectivity index (χ1v) is 7.79. The summed E-state index contributed by atoms with van der Waals surface area (Å²) in [6.45, 7) is 4.70. The maximum atomic E-state index is 12.4. The van der Waals surface area contributed by atoms with Gasteiger partial charge in [0.2, 0.25) is 0 Å². The molecule has 0 aliphatic carbocycles. The highest BCUT2D eigenvalue weighted by atomic mass is 16.5. The van der Waals surface area contributed by atoms with Crippen LogP contribution in [0.4, 0.5) is 5.69 Å². The van der Waals surface area contributed by atoms with E-state index in [-0.39, 0.29) is 12.3 Å². The number of anilines is 1.